The Morgan fingerprint density at radius 3 is 2.59 bits per heavy atom. The van der Waals surface area contributed by atoms with Crippen LogP contribution in [0.3, 0.4) is 0 Å². The molecule has 1 atom stereocenters. The quantitative estimate of drug-likeness (QED) is 0.145. The molecule has 0 unspecified atom stereocenters. The summed E-state index contributed by atoms with van der Waals surface area (Å²) in [7, 11) is 0. The van der Waals surface area contributed by atoms with Crippen LogP contribution in [0.5, 0.6) is 11.5 Å². The molecule has 10 heteroatoms. The van der Waals surface area contributed by atoms with Gasteiger partial charge in [0.15, 0.2) is 5.75 Å². The molecule has 1 amide bonds. The average Bonchev–Trinajstić information content (AvgIpc) is 2.64. The van der Waals surface area contributed by atoms with E-state index in [0.717, 1.165) is 18.2 Å². The number of likely N-dealkylation sites (N-methyl/N-ethyl adjacent to an activating group) is 1. The summed E-state index contributed by atoms with van der Waals surface area (Å²) in [5, 5.41) is 30.0. The van der Waals surface area contributed by atoms with E-state index in [2.05, 4.69) is 4.99 Å². The maximum atomic E-state index is 12.4. The lowest BCUT2D eigenvalue weighted by atomic mass is 10.1. The van der Waals surface area contributed by atoms with Crippen LogP contribution >= 0.6 is 0 Å². The van der Waals surface area contributed by atoms with Crippen molar-refractivity contribution in [1.82, 2.24) is 4.90 Å². The first-order chi connectivity index (χ1) is 12.7. The fourth-order valence-corrected chi connectivity index (χ4v) is 2.15. The Bertz CT molecular complexity index is 775. The van der Waals surface area contributed by atoms with Crippen LogP contribution in [0.4, 0.5) is 5.69 Å². The lowest BCUT2D eigenvalue weighted by molar-refractivity contribution is -0.386. The normalized spacial score (nSPS) is 12.7. The van der Waals surface area contributed by atoms with E-state index < -0.39 is 34.1 Å². The van der Waals surface area contributed by atoms with E-state index in [0.29, 0.717) is 19.3 Å². The fourth-order valence-electron chi connectivity index (χ4n) is 2.15. The van der Waals surface area contributed by atoms with Crippen molar-refractivity contribution >= 4 is 30.2 Å². The molecule has 0 saturated heterocycles. The van der Waals surface area contributed by atoms with Crippen molar-refractivity contribution in [2.24, 2.45) is 10.7 Å². The SMILES string of the molecule is CC[C@H](C=O)N=CCN(CC)C(=O)/C(N)=C/c1cc(O)c(O)c([N+](=O)[O-])c1. The Morgan fingerprint density at radius 1 is 1.41 bits per heavy atom. The smallest absolute Gasteiger partial charge is 0.315 e. The molecule has 0 fully saturated rings. The molecular weight excluding hydrogens is 356 g/mol. The first-order valence-electron chi connectivity index (χ1n) is 8.18. The Balaban J connectivity index is 3.02. The molecule has 1 aromatic rings. The predicted molar refractivity (Wildman–Crippen MR) is 99.5 cm³/mol. The molecule has 0 spiro atoms. The zero-order valence-electron chi connectivity index (χ0n) is 15.0. The minimum Gasteiger partial charge on any atom is -0.504 e. The van der Waals surface area contributed by atoms with Crippen LogP contribution < -0.4 is 5.73 Å². The van der Waals surface area contributed by atoms with Crippen LogP contribution in [-0.2, 0) is 9.59 Å². The van der Waals surface area contributed by atoms with Crippen molar-refractivity contribution in [2.75, 3.05) is 13.1 Å². The summed E-state index contributed by atoms with van der Waals surface area (Å²) in [5.74, 6) is -2.11. The van der Waals surface area contributed by atoms with E-state index in [1.165, 1.54) is 11.1 Å². The third kappa shape index (κ3) is 5.80. The first-order valence-corrected chi connectivity index (χ1v) is 8.18. The maximum Gasteiger partial charge on any atom is 0.315 e. The summed E-state index contributed by atoms with van der Waals surface area (Å²) >= 11 is 0. The summed E-state index contributed by atoms with van der Waals surface area (Å²) in [6.07, 6.45) is 3.88. The second kappa shape index (κ2) is 9.90. The third-order valence-corrected chi connectivity index (χ3v) is 3.70. The van der Waals surface area contributed by atoms with Crippen LogP contribution in [-0.4, -0.2) is 57.6 Å². The molecule has 27 heavy (non-hydrogen) atoms. The highest BCUT2D eigenvalue weighted by Gasteiger charge is 2.19. The van der Waals surface area contributed by atoms with E-state index in [1.807, 2.05) is 6.92 Å². The summed E-state index contributed by atoms with van der Waals surface area (Å²) in [6.45, 7) is 3.99. The number of aliphatic imine (C=N–C) groups is 1. The maximum absolute atomic E-state index is 12.4. The number of amides is 1. The number of carbonyl (C=O) groups excluding carboxylic acids is 2. The van der Waals surface area contributed by atoms with Crippen molar-refractivity contribution in [3.8, 4) is 11.5 Å². The fraction of sp³-hybridized carbons (Fsp3) is 0.353. The molecule has 0 aliphatic carbocycles. The summed E-state index contributed by atoms with van der Waals surface area (Å²) < 4.78 is 0. The largest absolute Gasteiger partial charge is 0.504 e. The second-order valence-corrected chi connectivity index (χ2v) is 5.55. The highest BCUT2D eigenvalue weighted by Crippen LogP contribution is 2.36. The molecule has 0 heterocycles. The summed E-state index contributed by atoms with van der Waals surface area (Å²) in [4.78, 5) is 38.6. The minimum atomic E-state index is -0.867. The van der Waals surface area contributed by atoms with Gasteiger partial charge in [-0.25, -0.2) is 0 Å². The topological polar surface area (TPSA) is 159 Å². The number of hydrogen-bond acceptors (Lipinski definition) is 8. The minimum absolute atomic E-state index is 0.0829. The van der Waals surface area contributed by atoms with Crippen LogP contribution in [0.25, 0.3) is 6.08 Å². The van der Waals surface area contributed by atoms with Gasteiger partial charge in [0.2, 0.25) is 5.75 Å². The van der Waals surface area contributed by atoms with E-state index >= 15 is 0 Å². The molecule has 0 radical (unpaired) electrons. The van der Waals surface area contributed by atoms with Crippen LogP contribution in [0, 0.1) is 10.1 Å². The number of benzene rings is 1. The van der Waals surface area contributed by atoms with Gasteiger partial charge >= 0.3 is 5.69 Å². The molecule has 0 aromatic heterocycles. The average molecular weight is 378 g/mol. The van der Waals surface area contributed by atoms with E-state index in [4.69, 9.17) is 5.73 Å². The number of phenolic OH excluding ortho intramolecular Hbond substituents is 2. The Labute approximate surface area is 155 Å². The third-order valence-electron chi connectivity index (χ3n) is 3.70. The molecule has 4 N–H and O–H groups in total. The molecule has 0 aliphatic heterocycles. The van der Waals surface area contributed by atoms with Gasteiger partial charge in [-0.2, -0.15) is 0 Å². The molecule has 1 rings (SSSR count). The highest BCUT2D eigenvalue weighted by atomic mass is 16.6. The van der Waals surface area contributed by atoms with Crippen LogP contribution in [0.15, 0.2) is 22.8 Å². The standard InChI is InChI=1S/C17H22N4O6/c1-3-12(10-22)19-5-6-20(4-2)17(25)13(18)7-11-8-14(21(26)27)16(24)15(23)9-11/h5,7-10,12,23-24H,3-4,6,18H2,1-2H3/b13-7-,19-5?/t12-/m1/s1. The van der Waals surface area contributed by atoms with Crippen molar-refractivity contribution in [3.05, 3.63) is 33.5 Å². The summed E-state index contributed by atoms with van der Waals surface area (Å²) in [5.41, 5.74) is 4.94. The van der Waals surface area contributed by atoms with Crippen LogP contribution in [0.2, 0.25) is 0 Å². The van der Waals surface area contributed by atoms with Gasteiger partial charge in [-0.3, -0.25) is 19.9 Å². The molecule has 1 aromatic carbocycles. The molecule has 0 aliphatic rings. The monoisotopic (exact) mass is 378 g/mol. The number of aldehydes is 1. The van der Waals surface area contributed by atoms with Gasteiger partial charge in [-0.15, -0.1) is 0 Å². The van der Waals surface area contributed by atoms with Gasteiger partial charge in [0.25, 0.3) is 5.91 Å². The van der Waals surface area contributed by atoms with Gasteiger partial charge in [0.1, 0.15) is 12.3 Å². The number of nitrogens with two attached hydrogens (primary N) is 1. The lowest BCUT2D eigenvalue weighted by Gasteiger charge is -2.19. The second-order valence-electron chi connectivity index (χ2n) is 5.55. The number of rotatable bonds is 9. The van der Waals surface area contributed by atoms with Gasteiger partial charge in [0.05, 0.1) is 17.2 Å². The van der Waals surface area contributed by atoms with Gasteiger partial charge in [-0.1, -0.05) is 6.92 Å². The van der Waals surface area contributed by atoms with Crippen molar-refractivity contribution in [2.45, 2.75) is 26.3 Å². The van der Waals surface area contributed by atoms with Crippen molar-refractivity contribution in [3.63, 3.8) is 0 Å². The number of phenols is 2. The lowest BCUT2D eigenvalue weighted by Crippen LogP contribution is -2.35. The van der Waals surface area contributed by atoms with E-state index in [1.54, 1.807) is 6.92 Å². The molecular formula is C17H22N4O6. The zero-order chi connectivity index (χ0) is 20.6. The Hall–Kier alpha value is -3.43. The Kier molecular flexibility index (Phi) is 7.92. The van der Waals surface area contributed by atoms with E-state index in [9.17, 15) is 29.9 Å². The van der Waals surface area contributed by atoms with E-state index in [-0.39, 0.29) is 17.8 Å². The van der Waals surface area contributed by atoms with Gasteiger partial charge in [-0.05, 0) is 31.1 Å². The molecule has 0 bridgehead atoms. The zero-order valence-corrected chi connectivity index (χ0v) is 15.0. The van der Waals surface area contributed by atoms with Crippen LogP contribution in [0.1, 0.15) is 25.8 Å². The number of hydrogen-bond donors (Lipinski definition) is 3. The van der Waals surface area contributed by atoms with Gasteiger partial charge in [0, 0.05) is 18.8 Å². The molecule has 146 valence electrons. The number of aromatic hydroxyl groups is 2. The molecule has 10 nitrogen and oxygen atoms in total. The number of nitrogens with zero attached hydrogens (tertiary/aromatic N) is 3. The highest BCUT2D eigenvalue weighted by molar-refractivity contribution is 5.98. The number of carbonyl (C=O) groups is 2. The summed E-state index contributed by atoms with van der Waals surface area (Å²) in [6, 6.07) is 1.58. The molecule has 0 saturated carbocycles. The van der Waals surface area contributed by atoms with Crippen molar-refractivity contribution < 1.29 is 24.7 Å². The number of nitro benzene ring substituents is 1. The predicted octanol–water partition coefficient (Wildman–Crippen LogP) is 1.20. The number of nitro groups is 1. The van der Waals surface area contributed by atoms with Gasteiger partial charge < -0.3 is 25.6 Å². The first kappa shape index (κ1) is 21.6. The Morgan fingerprint density at radius 2 is 2.07 bits per heavy atom. The van der Waals surface area contributed by atoms with Crippen molar-refractivity contribution in [1.29, 1.82) is 0 Å².